The fourth-order valence-electron chi connectivity index (χ4n) is 2.05. The zero-order chi connectivity index (χ0) is 15.7. The van der Waals surface area contributed by atoms with E-state index in [1.54, 1.807) is 6.07 Å². The average molecular weight is 333 g/mol. The first kappa shape index (κ1) is 14.7. The number of phenols is 2. The summed E-state index contributed by atoms with van der Waals surface area (Å²) in [4.78, 5) is 4.46. The van der Waals surface area contributed by atoms with Crippen molar-refractivity contribution in [3.8, 4) is 22.8 Å². The first-order valence-corrected chi connectivity index (χ1v) is 7.80. The topological polar surface area (TPSA) is 65.4 Å². The van der Waals surface area contributed by atoms with Gasteiger partial charge in [-0.2, -0.15) is 0 Å². The molecule has 0 spiro atoms. The quantitative estimate of drug-likeness (QED) is 0.636. The highest BCUT2D eigenvalue weighted by Crippen LogP contribution is 2.35. The Bertz CT molecular complexity index is 833. The first-order valence-electron chi connectivity index (χ1n) is 6.54. The second-order valence-corrected chi connectivity index (χ2v) is 6.04. The van der Waals surface area contributed by atoms with Crippen LogP contribution in [0.2, 0.25) is 5.02 Å². The summed E-state index contributed by atoms with van der Waals surface area (Å²) < 4.78 is 0. The van der Waals surface area contributed by atoms with Crippen LogP contribution < -0.4 is 5.32 Å². The van der Waals surface area contributed by atoms with E-state index in [1.165, 1.54) is 23.5 Å². The van der Waals surface area contributed by atoms with Crippen molar-refractivity contribution in [3.63, 3.8) is 0 Å². The molecule has 0 aliphatic carbocycles. The highest BCUT2D eigenvalue weighted by Gasteiger charge is 2.11. The van der Waals surface area contributed by atoms with Crippen LogP contribution in [0.3, 0.4) is 0 Å². The minimum Gasteiger partial charge on any atom is -0.508 e. The fourth-order valence-corrected chi connectivity index (χ4v) is 2.95. The van der Waals surface area contributed by atoms with Crippen molar-refractivity contribution < 1.29 is 10.2 Å². The Hall–Kier alpha value is -2.24. The molecule has 0 saturated carbocycles. The molecule has 0 amide bonds. The van der Waals surface area contributed by atoms with Gasteiger partial charge in [-0.25, -0.2) is 4.98 Å². The second kappa shape index (κ2) is 5.87. The van der Waals surface area contributed by atoms with Crippen molar-refractivity contribution in [2.75, 3.05) is 5.32 Å². The third kappa shape index (κ3) is 2.86. The summed E-state index contributed by atoms with van der Waals surface area (Å²) >= 11 is 7.53. The van der Waals surface area contributed by atoms with E-state index < -0.39 is 0 Å². The maximum Gasteiger partial charge on any atom is 0.187 e. The number of hydrogen-bond acceptors (Lipinski definition) is 5. The zero-order valence-corrected chi connectivity index (χ0v) is 13.2. The molecule has 6 heteroatoms. The third-order valence-corrected chi connectivity index (χ3v) is 4.44. The maximum atomic E-state index is 9.89. The van der Waals surface area contributed by atoms with Crippen LogP contribution in [0.15, 0.2) is 41.8 Å². The molecule has 3 N–H and O–H groups in total. The van der Waals surface area contributed by atoms with E-state index in [9.17, 15) is 10.2 Å². The fraction of sp³-hybridized carbons (Fsp3) is 0.0625. The number of phenolic OH excluding ortho intramolecular Hbond substituents is 2. The molecule has 3 aromatic rings. The minimum absolute atomic E-state index is 0.00390. The van der Waals surface area contributed by atoms with Crippen molar-refractivity contribution in [3.05, 3.63) is 52.4 Å². The number of aromatic nitrogens is 1. The van der Waals surface area contributed by atoms with Crippen molar-refractivity contribution in [1.82, 2.24) is 4.98 Å². The highest BCUT2D eigenvalue weighted by atomic mass is 35.5. The van der Waals surface area contributed by atoms with Crippen LogP contribution in [0, 0.1) is 6.92 Å². The SMILES string of the molecule is Cc1c(Cl)cccc1Nc1nc(-c2ccc(O)cc2O)cs1. The normalized spacial score (nSPS) is 10.6. The number of anilines is 2. The van der Waals surface area contributed by atoms with Gasteiger partial charge in [-0.3, -0.25) is 0 Å². The molecule has 0 saturated heterocycles. The molecular weight excluding hydrogens is 320 g/mol. The lowest BCUT2D eigenvalue weighted by molar-refractivity contribution is 0.452. The zero-order valence-electron chi connectivity index (χ0n) is 11.7. The lowest BCUT2D eigenvalue weighted by atomic mass is 10.1. The average Bonchev–Trinajstić information content (AvgIpc) is 2.92. The van der Waals surface area contributed by atoms with Crippen molar-refractivity contribution in [2.45, 2.75) is 6.92 Å². The summed E-state index contributed by atoms with van der Waals surface area (Å²) in [5, 5.41) is 25.7. The predicted molar refractivity (Wildman–Crippen MR) is 90.4 cm³/mol. The lowest BCUT2D eigenvalue weighted by Gasteiger charge is -2.07. The molecule has 0 aliphatic heterocycles. The molecule has 0 atom stereocenters. The molecule has 0 bridgehead atoms. The molecule has 0 aliphatic rings. The van der Waals surface area contributed by atoms with Crippen molar-refractivity contribution >= 4 is 33.8 Å². The summed E-state index contributed by atoms with van der Waals surface area (Å²) in [7, 11) is 0. The van der Waals surface area contributed by atoms with Gasteiger partial charge in [0.05, 0.1) is 5.69 Å². The Morgan fingerprint density at radius 3 is 2.77 bits per heavy atom. The van der Waals surface area contributed by atoms with E-state index >= 15 is 0 Å². The molecule has 22 heavy (non-hydrogen) atoms. The van der Waals surface area contributed by atoms with Gasteiger partial charge < -0.3 is 15.5 Å². The number of rotatable bonds is 3. The Balaban J connectivity index is 1.89. The van der Waals surface area contributed by atoms with Gasteiger partial charge in [0.2, 0.25) is 0 Å². The summed E-state index contributed by atoms with van der Waals surface area (Å²) in [6.45, 7) is 1.94. The van der Waals surface area contributed by atoms with E-state index in [0.29, 0.717) is 21.4 Å². The highest BCUT2D eigenvalue weighted by molar-refractivity contribution is 7.14. The monoisotopic (exact) mass is 332 g/mol. The summed E-state index contributed by atoms with van der Waals surface area (Å²) in [6.07, 6.45) is 0. The number of aromatic hydroxyl groups is 2. The molecule has 3 rings (SSSR count). The Labute approximate surface area is 136 Å². The number of halogens is 1. The molecule has 0 radical (unpaired) electrons. The molecule has 1 heterocycles. The van der Waals surface area contributed by atoms with E-state index in [0.717, 1.165) is 11.3 Å². The number of nitrogens with one attached hydrogen (secondary N) is 1. The Kier molecular flexibility index (Phi) is 3.92. The van der Waals surface area contributed by atoms with Crippen LogP contribution in [0.4, 0.5) is 10.8 Å². The summed E-state index contributed by atoms with van der Waals surface area (Å²) in [6, 6.07) is 10.1. The number of nitrogens with zero attached hydrogens (tertiary/aromatic N) is 1. The lowest BCUT2D eigenvalue weighted by Crippen LogP contribution is -1.93. The van der Waals surface area contributed by atoms with Gasteiger partial charge in [0.1, 0.15) is 11.5 Å². The van der Waals surface area contributed by atoms with Crippen LogP contribution in [0.5, 0.6) is 11.5 Å². The molecule has 0 unspecified atom stereocenters. The standard InChI is InChI=1S/C16H13ClN2O2S/c1-9-12(17)3-2-4-13(9)18-16-19-14(8-22-16)11-6-5-10(20)7-15(11)21/h2-8,20-21H,1H3,(H,18,19). The van der Waals surface area contributed by atoms with Crippen LogP contribution in [-0.2, 0) is 0 Å². The van der Waals surface area contributed by atoms with Gasteiger partial charge in [0, 0.05) is 27.7 Å². The van der Waals surface area contributed by atoms with E-state index in [2.05, 4.69) is 10.3 Å². The minimum atomic E-state index is -0.00390. The first-order chi connectivity index (χ1) is 10.5. The van der Waals surface area contributed by atoms with Crippen LogP contribution in [-0.4, -0.2) is 15.2 Å². The smallest absolute Gasteiger partial charge is 0.187 e. The van der Waals surface area contributed by atoms with Crippen molar-refractivity contribution in [1.29, 1.82) is 0 Å². The van der Waals surface area contributed by atoms with E-state index in [-0.39, 0.29) is 11.5 Å². The molecule has 0 fully saturated rings. The number of benzene rings is 2. The third-order valence-electron chi connectivity index (χ3n) is 3.27. The van der Waals surface area contributed by atoms with Gasteiger partial charge in [-0.15, -0.1) is 11.3 Å². The molecule has 112 valence electrons. The number of hydrogen-bond donors (Lipinski definition) is 3. The van der Waals surface area contributed by atoms with E-state index in [1.807, 2.05) is 30.5 Å². The molecule has 1 aromatic heterocycles. The predicted octanol–water partition coefficient (Wildman–Crippen LogP) is 4.93. The maximum absolute atomic E-state index is 9.89. The molecule has 4 nitrogen and oxygen atoms in total. The summed E-state index contributed by atoms with van der Waals surface area (Å²) in [5.41, 5.74) is 3.06. The van der Waals surface area contributed by atoms with Crippen LogP contribution in [0.1, 0.15) is 5.56 Å². The second-order valence-electron chi connectivity index (χ2n) is 4.78. The Morgan fingerprint density at radius 1 is 1.18 bits per heavy atom. The Morgan fingerprint density at radius 2 is 2.00 bits per heavy atom. The summed E-state index contributed by atoms with van der Waals surface area (Å²) in [5.74, 6) is 0.0140. The largest absolute Gasteiger partial charge is 0.508 e. The number of thiazole rings is 1. The van der Waals surface area contributed by atoms with Gasteiger partial charge in [0.25, 0.3) is 0 Å². The van der Waals surface area contributed by atoms with Crippen LogP contribution >= 0.6 is 22.9 Å². The van der Waals surface area contributed by atoms with Gasteiger partial charge in [0.15, 0.2) is 5.13 Å². The van der Waals surface area contributed by atoms with Crippen LogP contribution in [0.25, 0.3) is 11.3 Å². The van der Waals surface area contributed by atoms with Gasteiger partial charge >= 0.3 is 0 Å². The van der Waals surface area contributed by atoms with Crippen molar-refractivity contribution in [2.24, 2.45) is 0 Å². The molecular formula is C16H13ClN2O2S. The van der Waals surface area contributed by atoms with Gasteiger partial charge in [-0.05, 0) is 36.8 Å². The van der Waals surface area contributed by atoms with Gasteiger partial charge in [-0.1, -0.05) is 17.7 Å². The molecule has 2 aromatic carbocycles. The van der Waals surface area contributed by atoms with E-state index in [4.69, 9.17) is 11.6 Å².